The molecule has 1 fully saturated rings. The molecular formula is C14H18IrN2-2. The van der Waals surface area contributed by atoms with Gasteiger partial charge in [0.2, 0.25) is 0 Å². The molecule has 0 spiro atoms. The Bertz CT molecular complexity index is 374. The van der Waals surface area contributed by atoms with Gasteiger partial charge in [0, 0.05) is 31.5 Å². The third-order valence-corrected chi connectivity index (χ3v) is 3.59. The van der Waals surface area contributed by atoms with Gasteiger partial charge >= 0.3 is 0 Å². The molecule has 1 atom stereocenters. The van der Waals surface area contributed by atoms with Crippen molar-refractivity contribution in [1.29, 1.82) is 0 Å². The van der Waals surface area contributed by atoms with Crippen LogP contribution in [-0.4, -0.2) is 13.1 Å². The first-order valence-electron chi connectivity index (χ1n) is 6.15. The smallest absolute Gasteiger partial charge is 0.0296 e. The predicted molar refractivity (Wildman–Crippen MR) is 68.2 cm³/mol. The molecule has 0 saturated heterocycles. The van der Waals surface area contributed by atoms with E-state index in [1.165, 1.54) is 37.1 Å². The molecule has 2 nitrogen and oxygen atoms in total. The number of anilines is 2. The summed E-state index contributed by atoms with van der Waals surface area (Å²) >= 11 is 0. The first-order valence-corrected chi connectivity index (χ1v) is 6.15. The average molecular weight is 407 g/mol. The monoisotopic (exact) mass is 407 g/mol. The summed E-state index contributed by atoms with van der Waals surface area (Å²) in [7, 11) is 2.13. The summed E-state index contributed by atoms with van der Waals surface area (Å²) in [5.74, 6) is 0. The van der Waals surface area contributed by atoms with Crippen molar-refractivity contribution in [2.24, 2.45) is 0 Å². The topological polar surface area (TPSA) is 6.48 Å². The van der Waals surface area contributed by atoms with Crippen LogP contribution in [0.15, 0.2) is 24.3 Å². The van der Waals surface area contributed by atoms with Crippen molar-refractivity contribution >= 4 is 11.4 Å². The second-order valence-electron chi connectivity index (χ2n) is 4.71. The van der Waals surface area contributed by atoms with E-state index in [0.29, 0.717) is 6.04 Å². The largest absolute Gasteiger partial charge is 0.524 e. The maximum absolute atomic E-state index is 2.47. The summed E-state index contributed by atoms with van der Waals surface area (Å²) in [4.78, 5) is 4.65. The van der Waals surface area contributed by atoms with Crippen molar-refractivity contribution in [3.8, 4) is 0 Å². The third kappa shape index (κ3) is 2.36. The van der Waals surface area contributed by atoms with Crippen LogP contribution in [-0.2, 0) is 20.1 Å². The van der Waals surface area contributed by atoms with E-state index in [1.54, 1.807) is 0 Å². The van der Waals surface area contributed by atoms with Crippen LogP contribution in [0.25, 0.3) is 0 Å². The Hall–Kier alpha value is -0.531. The van der Waals surface area contributed by atoms with Gasteiger partial charge < -0.3 is 16.2 Å². The fraction of sp³-hybridized carbons (Fsp3) is 0.429. The minimum Gasteiger partial charge on any atom is -0.524 e. The second-order valence-corrected chi connectivity index (χ2v) is 4.71. The fourth-order valence-electron chi connectivity index (χ4n) is 2.73. The molecule has 0 N–H and O–H groups in total. The maximum atomic E-state index is 2.47. The van der Waals surface area contributed by atoms with Crippen molar-refractivity contribution in [3.05, 3.63) is 37.4 Å². The minimum atomic E-state index is 0. The van der Waals surface area contributed by atoms with Crippen molar-refractivity contribution < 1.29 is 20.1 Å². The van der Waals surface area contributed by atoms with Gasteiger partial charge in [0.1, 0.15) is 0 Å². The number of benzene rings is 1. The molecule has 1 aromatic carbocycles. The Morgan fingerprint density at radius 1 is 1.18 bits per heavy atom. The molecule has 3 rings (SSSR count). The van der Waals surface area contributed by atoms with E-state index in [-0.39, 0.29) is 20.1 Å². The summed E-state index contributed by atoms with van der Waals surface area (Å²) in [5.41, 5.74) is 2.68. The Balaban J connectivity index is 0.00000108. The molecular weight excluding hydrogens is 388 g/mol. The summed E-state index contributed by atoms with van der Waals surface area (Å²) < 4.78 is 0. The maximum Gasteiger partial charge on any atom is 0.0296 e. The molecule has 1 aromatic rings. The van der Waals surface area contributed by atoms with Crippen LogP contribution in [0.4, 0.5) is 11.4 Å². The van der Waals surface area contributed by atoms with Crippen LogP contribution in [0, 0.1) is 13.1 Å². The Morgan fingerprint density at radius 2 is 1.94 bits per heavy atom. The molecule has 1 radical (unpaired) electrons. The standard InChI is InChI=1S/C14H18N2.Ir/c1-15-11-16(12-7-3-2-4-8-12)14-10-6-5-9-13(14)15;/h5-7,9-12H,2-4,8H2,1H3;/q-2;. The van der Waals surface area contributed by atoms with Crippen molar-refractivity contribution in [2.45, 2.75) is 31.7 Å². The molecule has 17 heavy (non-hydrogen) atoms. The van der Waals surface area contributed by atoms with Gasteiger partial charge in [0.05, 0.1) is 0 Å². The van der Waals surface area contributed by atoms with Gasteiger partial charge in [-0.1, -0.05) is 31.4 Å². The predicted octanol–water partition coefficient (Wildman–Crippen LogP) is 3.21. The minimum absolute atomic E-state index is 0. The van der Waals surface area contributed by atoms with E-state index < -0.39 is 0 Å². The SMILES string of the molecule is CN1[CH-]N(C2[CH-]CCCC2)c2ccccc21.[Ir]. The van der Waals surface area contributed by atoms with Gasteiger partial charge in [-0.2, -0.15) is 13.1 Å². The number of nitrogens with zero attached hydrogens (tertiary/aromatic N) is 2. The molecule has 1 heterocycles. The molecule has 1 unspecified atom stereocenters. The van der Waals surface area contributed by atoms with Crippen LogP contribution >= 0.6 is 0 Å². The zero-order valence-electron chi connectivity index (χ0n) is 10.1. The molecule has 1 aliphatic carbocycles. The van der Waals surface area contributed by atoms with Gasteiger partial charge in [0.25, 0.3) is 0 Å². The molecule has 0 aromatic heterocycles. The second kappa shape index (κ2) is 5.41. The molecule has 3 heteroatoms. The van der Waals surface area contributed by atoms with Gasteiger partial charge in [-0.3, -0.25) is 0 Å². The number of hydrogen-bond acceptors (Lipinski definition) is 2. The summed E-state index contributed by atoms with van der Waals surface area (Å²) in [6.07, 6.45) is 7.74. The van der Waals surface area contributed by atoms with Crippen molar-refractivity contribution in [1.82, 2.24) is 0 Å². The van der Waals surface area contributed by atoms with E-state index in [2.05, 4.69) is 54.2 Å². The molecule has 0 amide bonds. The summed E-state index contributed by atoms with van der Waals surface area (Å²) in [6, 6.07) is 9.24. The van der Waals surface area contributed by atoms with Crippen LogP contribution in [0.1, 0.15) is 25.7 Å². The Kier molecular flexibility index (Phi) is 4.11. The van der Waals surface area contributed by atoms with Crippen molar-refractivity contribution in [2.75, 3.05) is 16.8 Å². The number of fused-ring (bicyclic) bond motifs is 1. The molecule has 95 valence electrons. The average Bonchev–Trinajstić information content (AvgIpc) is 2.69. The van der Waals surface area contributed by atoms with Crippen LogP contribution in [0.2, 0.25) is 0 Å². The quantitative estimate of drug-likeness (QED) is 0.661. The number of para-hydroxylation sites is 2. The van der Waals surface area contributed by atoms with Gasteiger partial charge in [-0.25, -0.2) is 0 Å². The molecule has 1 aliphatic heterocycles. The fourth-order valence-corrected chi connectivity index (χ4v) is 2.73. The Labute approximate surface area is 117 Å². The zero-order chi connectivity index (χ0) is 11.0. The van der Waals surface area contributed by atoms with E-state index in [1.807, 2.05) is 0 Å². The van der Waals surface area contributed by atoms with E-state index in [9.17, 15) is 0 Å². The van der Waals surface area contributed by atoms with Crippen LogP contribution in [0.3, 0.4) is 0 Å². The first kappa shape index (κ1) is 12.9. The van der Waals surface area contributed by atoms with Crippen LogP contribution in [0.5, 0.6) is 0 Å². The van der Waals surface area contributed by atoms with E-state index >= 15 is 0 Å². The van der Waals surface area contributed by atoms with E-state index in [4.69, 9.17) is 0 Å². The van der Waals surface area contributed by atoms with E-state index in [0.717, 1.165) is 0 Å². The normalized spacial score (nSPS) is 23.2. The third-order valence-electron chi connectivity index (χ3n) is 3.59. The summed E-state index contributed by atoms with van der Waals surface area (Å²) in [6.45, 7) is 2.23. The van der Waals surface area contributed by atoms with Gasteiger partial charge in [-0.05, 0) is 19.2 Å². The van der Waals surface area contributed by atoms with Crippen molar-refractivity contribution in [3.63, 3.8) is 0 Å². The molecule has 1 saturated carbocycles. The summed E-state index contributed by atoms with van der Waals surface area (Å²) in [5, 5.41) is 0. The van der Waals surface area contributed by atoms with Gasteiger partial charge in [0.15, 0.2) is 0 Å². The first-order chi connectivity index (χ1) is 7.86. The number of hydrogen-bond donors (Lipinski definition) is 0. The Morgan fingerprint density at radius 3 is 2.65 bits per heavy atom. The van der Waals surface area contributed by atoms with Crippen LogP contribution < -0.4 is 9.80 Å². The molecule has 0 bridgehead atoms. The van der Waals surface area contributed by atoms with Gasteiger partial charge in [-0.15, -0.1) is 6.04 Å². The number of rotatable bonds is 1. The molecule has 2 aliphatic rings. The zero-order valence-corrected chi connectivity index (χ0v) is 12.5.